The lowest BCUT2D eigenvalue weighted by atomic mass is 9.47. The van der Waals surface area contributed by atoms with Crippen molar-refractivity contribution in [1.29, 1.82) is 0 Å². The first-order chi connectivity index (χ1) is 10.8. The monoisotopic (exact) mass is 310 g/mol. The molecular weight excluding hydrogens is 284 g/mol. The van der Waals surface area contributed by atoms with Crippen LogP contribution in [0.25, 0.3) is 0 Å². The molecule has 3 aliphatic rings. The molecule has 4 rings (SSSR count). The van der Waals surface area contributed by atoms with Crippen molar-refractivity contribution in [3.8, 4) is 11.5 Å². The summed E-state index contributed by atoms with van der Waals surface area (Å²) in [6.45, 7) is 9.24. The lowest BCUT2D eigenvalue weighted by Gasteiger charge is -2.62. The molecule has 0 unspecified atom stereocenters. The molecule has 1 aliphatic heterocycles. The van der Waals surface area contributed by atoms with Gasteiger partial charge in [-0.1, -0.05) is 37.6 Å². The molecular formula is C21H26O2. The number of rotatable bonds is 0. The fraction of sp³-hybridized carbons (Fsp3) is 0.524. The molecule has 2 aliphatic carbocycles. The first-order valence-electron chi connectivity index (χ1n) is 8.64. The maximum Gasteiger partial charge on any atom is 0.123 e. The Bertz CT molecular complexity index is 731. The summed E-state index contributed by atoms with van der Waals surface area (Å²) >= 11 is 0. The van der Waals surface area contributed by atoms with E-state index in [1.807, 2.05) is 12.1 Å². The fourth-order valence-corrected chi connectivity index (χ4v) is 5.32. The molecule has 1 fully saturated rings. The summed E-state index contributed by atoms with van der Waals surface area (Å²) in [6, 6.07) is 5.52. The molecule has 1 N–H and O–H groups in total. The second kappa shape index (κ2) is 4.43. The van der Waals surface area contributed by atoms with Crippen LogP contribution in [0, 0.1) is 16.7 Å². The van der Waals surface area contributed by atoms with Crippen molar-refractivity contribution >= 4 is 0 Å². The number of phenolic OH excluding ortho intramolecular Hbond substituents is 1. The molecule has 0 amide bonds. The van der Waals surface area contributed by atoms with Gasteiger partial charge in [-0.3, -0.25) is 0 Å². The number of phenols is 1. The van der Waals surface area contributed by atoms with Gasteiger partial charge >= 0.3 is 0 Å². The van der Waals surface area contributed by atoms with E-state index in [1.54, 1.807) is 6.07 Å². The highest BCUT2D eigenvalue weighted by atomic mass is 16.5. The Morgan fingerprint density at radius 2 is 1.96 bits per heavy atom. The van der Waals surface area contributed by atoms with Gasteiger partial charge in [0.2, 0.25) is 0 Å². The van der Waals surface area contributed by atoms with E-state index in [0.29, 0.717) is 11.7 Å². The van der Waals surface area contributed by atoms with Crippen LogP contribution in [0.4, 0.5) is 0 Å². The zero-order chi connectivity index (χ0) is 16.5. The predicted octanol–water partition coefficient (Wildman–Crippen LogP) is 5.02. The third kappa shape index (κ3) is 1.93. The highest BCUT2D eigenvalue weighted by molar-refractivity contribution is 5.45. The molecule has 0 aromatic heterocycles. The summed E-state index contributed by atoms with van der Waals surface area (Å²) in [7, 11) is 0. The zero-order valence-electron chi connectivity index (χ0n) is 14.5. The third-order valence-electron chi connectivity index (χ3n) is 6.79. The molecule has 0 radical (unpaired) electrons. The van der Waals surface area contributed by atoms with Gasteiger partial charge in [0, 0.05) is 5.41 Å². The summed E-state index contributed by atoms with van der Waals surface area (Å²) in [5, 5.41) is 9.87. The summed E-state index contributed by atoms with van der Waals surface area (Å²) in [6.07, 6.45) is 10.3. The minimum atomic E-state index is -0.162. The standard InChI is InChI=1S/C21H26O2/c1-14-5-8-18-19(2,12-14)9-10-21(4)20(18,3)13-15-11-16(22)6-7-17(15)23-21/h5-8,11-12,18,22H,9-10,13H2,1-4H3/t18-,19-,20+,21-/m0/s1. The third-order valence-corrected chi connectivity index (χ3v) is 6.79. The van der Waals surface area contributed by atoms with Gasteiger partial charge in [0.1, 0.15) is 17.1 Å². The lowest BCUT2D eigenvalue weighted by molar-refractivity contribution is -0.138. The Hall–Kier alpha value is -1.70. The average molecular weight is 310 g/mol. The van der Waals surface area contributed by atoms with Gasteiger partial charge in [-0.2, -0.15) is 0 Å². The number of ether oxygens (including phenoxy) is 1. The SMILES string of the molecule is CC1=C[C@]2(C)CC[C@]3(C)Oc4ccc(O)cc4C[C@]3(C)[C@H]2C=C1. The number of allylic oxidation sites excluding steroid dienone is 4. The van der Waals surface area contributed by atoms with E-state index in [9.17, 15) is 5.11 Å². The van der Waals surface area contributed by atoms with E-state index in [2.05, 4.69) is 45.9 Å². The van der Waals surface area contributed by atoms with Gasteiger partial charge in [-0.15, -0.1) is 0 Å². The van der Waals surface area contributed by atoms with Gasteiger partial charge in [-0.05, 0) is 68.2 Å². The van der Waals surface area contributed by atoms with Crippen molar-refractivity contribution in [2.45, 2.75) is 52.6 Å². The maximum atomic E-state index is 9.87. The summed E-state index contributed by atoms with van der Waals surface area (Å²) in [5.41, 5.74) is 2.56. The molecule has 1 aromatic carbocycles. The molecule has 122 valence electrons. The lowest BCUT2D eigenvalue weighted by Crippen LogP contribution is -2.62. The zero-order valence-corrected chi connectivity index (χ0v) is 14.5. The molecule has 1 heterocycles. The molecule has 0 spiro atoms. The number of hydrogen-bond acceptors (Lipinski definition) is 2. The summed E-state index contributed by atoms with van der Waals surface area (Å²) < 4.78 is 6.54. The Kier molecular flexibility index (Phi) is 2.87. The van der Waals surface area contributed by atoms with Gasteiger partial charge in [0.15, 0.2) is 0 Å². The Labute approximate surface area is 138 Å². The Morgan fingerprint density at radius 3 is 2.74 bits per heavy atom. The van der Waals surface area contributed by atoms with E-state index in [4.69, 9.17) is 4.74 Å². The van der Waals surface area contributed by atoms with Crippen LogP contribution in [-0.4, -0.2) is 10.7 Å². The van der Waals surface area contributed by atoms with E-state index in [1.165, 1.54) is 5.57 Å². The van der Waals surface area contributed by atoms with Crippen LogP contribution in [-0.2, 0) is 6.42 Å². The highest BCUT2D eigenvalue weighted by Gasteiger charge is 2.61. The molecule has 4 atom stereocenters. The van der Waals surface area contributed by atoms with Crippen LogP contribution in [0.3, 0.4) is 0 Å². The highest BCUT2D eigenvalue weighted by Crippen LogP contribution is 2.63. The number of hydrogen-bond donors (Lipinski definition) is 1. The van der Waals surface area contributed by atoms with Gasteiger partial charge < -0.3 is 9.84 Å². The van der Waals surface area contributed by atoms with Crippen molar-refractivity contribution in [1.82, 2.24) is 0 Å². The molecule has 2 nitrogen and oxygen atoms in total. The van der Waals surface area contributed by atoms with Crippen molar-refractivity contribution in [2.75, 3.05) is 0 Å². The van der Waals surface area contributed by atoms with Crippen molar-refractivity contribution < 1.29 is 9.84 Å². The predicted molar refractivity (Wildman–Crippen MR) is 92.7 cm³/mol. The Morgan fingerprint density at radius 1 is 1.17 bits per heavy atom. The van der Waals surface area contributed by atoms with E-state index in [0.717, 1.165) is 30.6 Å². The second-order valence-corrected chi connectivity index (χ2v) is 8.45. The summed E-state index contributed by atoms with van der Waals surface area (Å²) in [4.78, 5) is 0. The van der Waals surface area contributed by atoms with Gasteiger partial charge in [-0.25, -0.2) is 0 Å². The number of fused-ring (bicyclic) bond motifs is 4. The van der Waals surface area contributed by atoms with Gasteiger partial charge in [0.25, 0.3) is 0 Å². The van der Waals surface area contributed by atoms with Gasteiger partial charge in [0.05, 0.1) is 0 Å². The van der Waals surface area contributed by atoms with Crippen LogP contribution >= 0.6 is 0 Å². The minimum Gasteiger partial charge on any atom is -0.508 e. The smallest absolute Gasteiger partial charge is 0.123 e. The fourth-order valence-electron chi connectivity index (χ4n) is 5.32. The number of benzene rings is 1. The number of aromatic hydroxyl groups is 1. The normalized spacial score (nSPS) is 41.2. The first-order valence-corrected chi connectivity index (χ1v) is 8.64. The van der Waals surface area contributed by atoms with E-state index < -0.39 is 0 Å². The first kappa shape index (κ1) is 14.9. The Balaban J connectivity index is 1.84. The average Bonchev–Trinajstić information content (AvgIpc) is 2.46. The molecule has 1 saturated carbocycles. The quantitative estimate of drug-likeness (QED) is 0.728. The van der Waals surface area contributed by atoms with Crippen LogP contribution in [0.15, 0.2) is 42.0 Å². The van der Waals surface area contributed by atoms with Crippen LogP contribution in [0.5, 0.6) is 11.5 Å². The van der Waals surface area contributed by atoms with Crippen LogP contribution in [0.2, 0.25) is 0 Å². The van der Waals surface area contributed by atoms with E-state index >= 15 is 0 Å². The molecule has 2 heteroatoms. The van der Waals surface area contributed by atoms with Crippen LogP contribution in [0.1, 0.15) is 46.1 Å². The van der Waals surface area contributed by atoms with E-state index in [-0.39, 0.29) is 16.4 Å². The minimum absolute atomic E-state index is 0.0223. The van der Waals surface area contributed by atoms with Crippen molar-refractivity contribution in [3.63, 3.8) is 0 Å². The van der Waals surface area contributed by atoms with Crippen LogP contribution < -0.4 is 4.74 Å². The topological polar surface area (TPSA) is 29.5 Å². The largest absolute Gasteiger partial charge is 0.508 e. The maximum absolute atomic E-state index is 9.87. The molecule has 0 bridgehead atoms. The van der Waals surface area contributed by atoms with Crippen molar-refractivity contribution in [3.05, 3.63) is 47.6 Å². The second-order valence-electron chi connectivity index (χ2n) is 8.45. The summed E-state index contributed by atoms with van der Waals surface area (Å²) in [5.74, 6) is 1.72. The van der Waals surface area contributed by atoms with Crippen molar-refractivity contribution in [2.24, 2.45) is 16.7 Å². The molecule has 0 saturated heterocycles. The molecule has 1 aromatic rings. The molecule has 23 heavy (non-hydrogen) atoms.